The van der Waals surface area contributed by atoms with Crippen molar-refractivity contribution in [2.24, 2.45) is 4.99 Å². The summed E-state index contributed by atoms with van der Waals surface area (Å²) in [5.74, 6) is 0.988. The molecule has 0 saturated heterocycles. The molecule has 11 heavy (non-hydrogen) atoms. The number of hydrogen-bond donors (Lipinski definition) is 1. The van der Waals surface area contributed by atoms with Crippen LogP contribution in [0.1, 0.15) is 20.8 Å². The molecule has 1 rings (SSSR count). The van der Waals surface area contributed by atoms with Crippen LogP contribution in [0.2, 0.25) is 0 Å². The molecule has 1 aliphatic rings. The van der Waals surface area contributed by atoms with Crippen molar-refractivity contribution < 1.29 is 0 Å². The molecule has 0 bridgehead atoms. The fraction of sp³-hybridized carbons (Fsp3) is 0.444. The van der Waals surface area contributed by atoms with Crippen molar-refractivity contribution >= 4 is 5.84 Å². The lowest BCUT2D eigenvalue weighted by molar-refractivity contribution is 1.25. The van der Waals surface area contributed by atoms with Crippen LogP contribution in [-0.4, -0.2) is 12.9 Å². The van der Waals surface area contributed by atoms with Crippen LogP contribution < -0.4 is 5.32 Å². The van der Waals surface area contributed by atoms with E-state index in [2.05, 4.69) is 31.1 Å². The van der Waals surface area contributed by atoms with Crippen LogP contribution in [0.15, 0.2) is 27.9 Å². The Kier molecular flexibility index (Phi) is 2.13. The highest BCUT2D eigenvalue weighted by molar-refractivity contribution is 6.05. The topological polar surface area (TPSA) is 24.4 Å². The van der Waals surface area contributed by atoms with Crippen molar-refractivity contribution in [1.82, 2.24) is 5.32 Å². The third-order valence-corrected chi connectivity index (χ3v) is 1.78. The van der Waals surface area contributed by atoms with Crippen molar-refractivity contribution in [3.63, 3.8) is 0 Å². The van der Waals surface area contributed by atoms with Gasteiger partial charge in [-0.3, -0.25) is 4.99 Å². The Hall–Kier alpha value is -1.05. The second-order valence-corrected chi connectivity index (χ2v) is 2.92. The first kappa shape index (κ1) is 8.05. The molecule has 0 amide bonds. The second kappa shape index (κ2) is 2.91. The first-order chi connectivity index (χ1) is 5.16. The van der Waals surface area contributed by atoms with Gasteiger partial charge < -0.3 is 5.32 Å². The summed E-state index contributed by atoms with van der Waals surface area (Å²) in [6.45, 7) is 6.29. The molecule has 0 fully saturated rings. The van der Waals surface area contributed by atoms with Gasteiger partial charge in [0, 0.05) is 18.8 Å². The Labute approximate surface area is 67.7 Å². The predicted octanol–water partition coefficient (Wildman–Crippen LogP) is 1.86. The maximum Gasteiger partial charge on any atom is 0.132 e. The molecule has 0 radical (unpaired) electrons. The predicted molar refractivity (Wildman–Crippen MR) is 48.6 cm³/mol. The molecule has 0 atom stereocenters. The largest absolute Gasteiger partial charge is 0.346 e. The lowest BCUT2D eigenvalue weighted by Gasteiger charge is -2.03. The molecule has 0 aromatic rings. The molecule has 0 saturated carbocycles. The molecule has 1 N–H and O–H groups in total. The van der Waals surface area contributed by atoms with Gasteiger partial charge in [0.2, 0.25) is 0 Å². The first-order valence-corrected chi connectivity index (χ1v) is 3.75. The summed E-state index contributed by atoms with van der Waals surface area (Å²) >= 11 is 0. The Morgan fingerprint density at radius 2 is 2.09 bits per heavy atom. The van der Waals surface area contributed by atoms with Crippen LogP contribution in [0.3, 0.4) is 0 Å². The van der Waals surface area contributed by atoms with Gasteiger partial charge in [-0.1, -0.05) is 5.57 Å². The lowest BCUT2D eigenvalue weighted by Crippen LogP contribution is -2.13. The van der Waals surface area contributed by atoms with Crippen molar-refractivity contribution in [3.05, 3.63) is 22.9 Å². The van der Waals surface area contributed by atoms with Crippen molar-refractivity contribution in [2.75, 3.05) is 7.05 Å². The number of aliphatic imine (C=N–C) groups is 1. The van der Waals surface area contributed by atoms with E-state index < -0.39 is 0 Å². The van der Waals surface area contributed by atoms with Gasteiger partial charge in [-0.25, -0.2) is 0 Å². The summed E-state index contributed by atoms with van der Waals surface area (Å²) in [4.78, 5) is 4.14. The maximum atomic E-state index is 4.14. The highest BCUT2D eigenvalue weighted by Gasteiger charge is 2.14. The van der Waals surface area contributed by atoms with Crippen LogP contribution in [0, 0.1) is 0 Å². The summed E-state index contributed by atoms with van der Waals surface area (Å²) in [5.41, 5.74) is 3.84. The number of rotatable bonds is 0. The maximum absolute atomic E-state index is 4.14. The standard InChI is InChI=1S/C9H14N2/c1-6(2)8-7(3)5-11-9(8)10-4/h5H,1-4H3,(H,10,11). The fourth-order valence-corrected chi connectivity index (χ4v) is 1.32. The van der Waals surface area contributed by atoms with E-state index in [4.69, 9.17) is 0 Å². The molecule has 0 unspecified atom stereocenters. The summed E-state index contributed by atoms with van der Waals surface area (Å²) in [5, 5.41) is 3.12. The van der Waals surface area contributed by atoms with E-state index >= 15 is 0 Å². The molecular formula is C9H14N2. The fourth-order valence-electron chi connectivity index (χ4n) is 1.32. The molecule has 0 aromatic heterocycles. The Morgan fingerprint density at radius 1 is 1.45 bits per heavy atom. The van der Waals surface area contributed by atoms with Gasteiger partial charge in [-0.15, -0.1) is 0 Å². The van der Waals surface area contributed by atoms with E-state index in [1.165, 1.54) is 16.7 Å². The monoisotopic (exact) mass is 150 g/mol. The second-order valence-electron chi connectivity index (χ2n) is 2.92. The number of allylic oxidation sites excluding steroid dienone is 1. The number of nitrogens with zero attached hydrogens (tertiary/aromatic N) is 1. The van der Waals surface area contributed by atoms with E-state index in [9.17, 15) is 0 Å². The van der Waals surface area contributed by atoms with E-state index in [0.717, 1.165) is 5.84 Å². The zero-order chi connectivity index (χ0) is 8.43. The Balaban J connectivity index is 3.10. The third-order valence-electron chi connectivity index (χ3n) is 1.78. The van der Waals surface area contributed by atoms with Crippen LogP contribution >= 0.6 is 0 Å². The van der Waals surface area contributed by atoms with Crippen LogP contribution in [0.4, 0.5) is 0 Å². The molecule has 0 spiro atoms. The molecular weight excluding hydrogens is 136 g/mol. The number of amidine groups is 1. The SMILES string of the molecule is CN=C1NC=C(C)C1=C(C)C. The highest BCUT2D eigenvalue weighted by Crippen LogP contribution is 2.18. The molecule has 0 aromatic carbocycles. The van der Waals surface area contributed by atoms with Gasteiger partial charge >= 0.3 is 0 Å². The Morgan fingerprint density at radius 3 is 2.45 bits per heavy atom. The van der Waals surface area contributed by atoms with E-state index in [0.29, 0.717) is 0 Å². The summed E-state index contributed by atoms with van der Waals surface area (Å²) in [6, 6.07) is 0. The molecule has 0 aliphatic carbocycles. The first-order valence-electron chi connectivity index (χ1n) is 3.75. The minimum atomic E-state index is 0.988. The molecule has 2 heteroatoms. The minimum Gasteiger partial charge on any atom is -0.346 e. The average molecular weight is 150 g/mol. The molecule has 1 heterocycles. The van der Waals surface area contributed by atoms with E-state index in [-0.39, 0.29) is 0 Å². The van der Waals surface area contributed by atoms with Gasteiger partial charge in [-0.05, 0) is 26.3 Å². The van der Waals surface area contributed by atoms with Crippen molar-refractivity contribution in [1.29, 1.82) is 0 Å². The van der Waals surface area contributed by atoms with E-state index in [1.807, 2.05) is 6.20 Å². The van der Waals surface area contributed by atoms with Crippen LogP contribution in [-0.2, 0) is 0 Å². The zero-order valence-corrected chi connectivity index (χ0v) is 7.52. The molecule has 1 aliphatic heterocycles. The average Bonchev–Trinajstić information content (AvgIpc) is 2.30. The van der Waals surface area contributed by atoms with Gasteiger partial charge in [0.25, 0.3) is 0 Å². The van der Waals surface area contributed by atoms with Gasteiger partial charge in [0.05, 0.1) is 0 Å². The zero-order valence-electron chi connectivity index (χ0n) is 7.52. The normalized spacial score (nSPS) is 20.2. The minimum absolute atomic E-state index is 0.988. The third kappa shape index (κ3) is 1.34. The number of hydrogen-bond acceptors (Lipinski definition) is 1. The Bertz CT molecular complexity index is 250. The lowest BCUT2D eigenvalue weighted by atomic mass is 10.1. The quantitative estimate of drug-likeness (QED) is 0.560. The summed E-state index contributed by atoms with van der Waals surface area (Å²) in [6.07, 6.45) is 1.99. The highest BCUT2D eigenvalue weighted by atomic mass is 15.0. The van der Waals surface area contributed by atoms with Gasteiger partial charge in [0.15, 0.2) is 0 Å². The van der Waals surface area contributed by atoms with Gasteiger partial charge in [0.1, 0.15) is 5.84 Å². The number of nitrogens with one attached hydrogen (secondary N) is 1. The van der Waals surface area contributed by atoms with Crippen LogP contribution in [0.25, 0.3) is 0 Å². The van der Waals surface area contributed by atoms with Crippen molar-refractivity contribution in [3.8, 4) is 0 Å². The molecule has 2 nitrogen and oxygen atoms in total. The summed E-state index contributed by atoms with van der Waals surface area (Å²) < 4.78 is 0. The summed E-state index contributed by atoms with van der Waals surface area (Å²) in [7, 11) is 1.80. The van der Waals surface area contributed by atoms with Crippen molar-refractivity contribution in [2.45, 2.75) is 20.8 Å². The van der Waals surface area contributed by atoms with E-state index in [1.54, 1.807) is 7.05 Å². The van der Waals surface area contributed by atoms with Gasteiger partial charge in [-0.2, -0.15) is 0 Å². The smallest absolute Gasteiger partial charge is 0.132 e. The van der Waals surface area contributed by atoms with Crippen LogP contribution in [0.5, 0.6) is 0 Å². The molecule has 60 valence electrons.